The van der Waals surface area contributed by atoms with Gasteiger partial charge in [-0.15, -0.1) is 0 Å². The highest BCUT2D eigenvalue weighted by molar-refractivity contribution is 7.93. The van der Waals surface area contributed by atoms with E-state index in [-0.39, 0.29) is 21.2 Å². The second-order valence-corrected chi connectivity index (χ2v) is 8.27. The lowest BCUT2D eigenvalue weighted by Gasteiger charge is -2.23. The molecule has 0 aromatic heterocycles. The normalized spacial score (nSPS) is 11.1. The Morgan fingerprint density at radius 1 is 0.964 bits per heavy atom. The van der Waals surface area contributed by atoms with Gasteiger partial charge in [-0.1, -0.05) is 47.5 Å². The highest BCUT2D eigenvalue weighted by atomic mass is 35.5. The van der Waals surface area contributed by atoms with Crippen LogP contribution in [-0.2, 0) is 10.0 Å². The van der Waals surface area contributed by atoms with Crippen LogP contribution in [0.2, 0.25) is 5.02 Å². The van der Waals surface area contributed by atoms with Gasteiger partial charge < -0.3 is 4.74 Å². The fourth-order valence-electron chi connectivity index (χ4n) is 2.66. The number of methoxy groups -OCH3 is 1. The predicted molar refractivity (Wildman–Crippen MR) is 110 cm³/mol. The minimum atomic E-state index is -4.17. The number of rotatable bonds is 5. The fourth-order valence-corrected chi connectivity index (χ4v) is 4.32. The number of benzene rings is 3. The zero-order valence-corrected chi connectivity index (χ0v) is 16.9. The zero-order valence-electron chi connectivity index (χ0n) is 15.3. The van der Waals surface area contributed by atoms with Crippen LogP contribution in [0.15, 0.2) is 77.7 Å². The summed E-state index contributed by atoms with van der Waals surface area (Å²) in [6, 6.07) is 18.9. The van der Waals surface area contributed by atoms with E-state index in [4.69, 9.17) is 16.3 Å². The number of ether oxygens (including phenoxy) is 1. The quantitative estimate of drug-likeness (QED) is 0.606. The van der Waals surface area contributed by atoms with Crippen LogP contribution >= 0.6 is 11.6 Å². The Morgan fingerprint density at radius 3 is 2.18 bits per heavy atom. The van der Waals surface area contributed by atoms with Gasteiger partial charge in [0.15, 0.2) is 0 Å². The summed E-state index contributed by atoms with van der Waals surface area (Å²) in [6.07, 6.45) is 0. The summed E-state index contributed by atoms with van der Waals surface area (Å²) in [6.45, 7) is 1.85. The third-order valence-electron chi connectivity index (χ3n) is 4.13. The summed E-state index contributed by atoms with van der Waals surface area (Å²) in [5.74, 6) is -0.298. The van der Waals surface area contributed by atoms with Crippen LogP contribution in [0.25, 0.3) is 0 Å². The number of carbonyl (C=O) groups is 1. The molecular weight excluding hydrogens is 398 g/mol. The minimum Gasteiger partial charge on any atom is -0.495 e. The molecule has 0 saturated heterocycles. The number of nitrogens with zero attached hydrogens (tertiary/aromatic N) is 1. The Kier molecular flexibility index (Phi) is 5.72. The Balaban J connectivity index is 2.18. The summed E-state index contributed by atoms with van der Waals surface area (Å²) in [5, 5.41) is 0.199. The largest absolute Gasteiger partial charge is 0.495 e. The molecule has 0 atom stereocenters. The minimum absolute atomic E-state index is 0.00863. The lowest BCUT2D eigenvalue weighted by molar-refractivity contribution is 0.101. The molecule has 3 rings (SSSR count). The van der Waals surface area contributed by atoms with Gasteiger partial charge in [-0.3, -0.25) is 4.79 Å². The van der Waals surface area contributed by atoms with Crippen molar-refractivity contribution in [1.82, 2.24) is 0 Å². The van der Waals surface area contributed by atoms with Crippen LogP contribution in [0.5, 0.6) is 5.75 Å². The van der Waals surface area contributed by atoms with Crippen LogP contribution in [0, 0.1) is 6.92 Å². The Morgan fingerprint density at radius 2 is 1.61 bits per heavy atom. The highest BCUT2D eigenvalue weighted by Crippen LogP contribution is 2.33. The summed E-state index contributed by atoms with van der Waals surface area (Å²) in [4.78, 5) is 13.2. The van der Waals surface area contributed by atoms with Crippen molar-refractivity contribution in [3.05, 3.63) is 88.9 Å². The maximum absolute atomic E-state index is 13.4. The van der Waals surface area contributed by atoms with E-state index in [1.54, 1.807) is 42.5 Å². The first-order chi connectivity index (χ1) is 13.3. The fraction of sp³-hybridized carbons (Fsp3) is 0.0952. The van der Waals surface area contributed by atoms with Gasteiger partial charge >= 0.3 is 0 Å². The molecule has 0 radical (unpaired) electrons. The van der Waals surface area contributed by atoms with E-state index in [0.29, 0.717) is 5.75 Å². The molecule has 3 aromatic rings. The van der Waals surface area contributed by atoms with Crippen molar-refractivity contribution in [1.29, 1.82) is 0 Å². The molecule has 0 bridgehead atoms. The second kappa shape index (κ2) is 8.04. The first-order valence-corrected chi connectivity index (χ1v) is 10.2. The van der Waals surface area contributed by atoms with Gasteiger partial charge in [-0.05, 0) is 49.4 Å². The lowest BCUT2D eigenvalue weighted by atomic mass is 10.2. The SMILES string of the molecule is COc1ccc(N(C(=O)c2ccccc2)S(=O)(=O)c2ccc(C)cc2)cc1Cl. The van der Waals surface area contributed by atoms with E-state index in [1.165, 1.54) is 37.4 Å². The summed E-state index contributed by atoms with van der Waals surface area (Å²) < 4.78 is 32.6. The maximum atomic E-state index is 13.4. The number of sulfonamides is 1. The molecule has 0 aliphatic rings. The van der Waals surface area contributed by atoms with Crippen molar-refractivity contribution >= 4 is 33.2 Å². The van der Waals surface area contributed by atoms with Gasteiger partial charge in [-0.2, -0.15) is 4.31 Å². The van der Waals surface area contributed by atoms with Crippen molar-refractivity contribution in [2.45, 2.75) is 11.8 Å². The third-order valence-corrected chi connectivity index (χ3v) is 6.15. The number of halogens is 1. The summed E-state index contributed by atoms with van der Waals surface area (Å²) >= 11 is 6.18. The second-order valence-electron chi connectivity index (χ2n) is 6.07. The van der Waals surface area contributed by atoms with Crippen LogP contribution in [0.3, 0.4) is 0 Å². The van der Waals surface area contributed by atoms with Gasteiger partial charge in [-0.25, -0.2) is 8.42 Å². The number of hydrogen-bond acceptors (Lipinski definition) is 4. The predicted octanol–water partition coefficient (Wildman–Crippen LogP) is 4.69. The molecule has 0 heterocycles. The molecule has 3 aromatic carbocycles. The molecule has 0 N–H and O–H groups in total. The van der Waals surface area contributed by atoms with Crippen molar-refractivity contribution in [2.75, 3.05) is 11.4 Å². The smallest absolute Gasteiger partial charge is 0.272 e. The van der Waals surface area contributed by atoms with Crippen LogP contribution in [0.4, 0.5) is 5.69 Å². The topological polar surface area (TPSA) is 63.7 Å². The molecule has 0 aliphatic carbocycles. The van der Waals surface area contributed by atoms with Gasteiger partial charge in [0.25, 0.3) is 15.9 Å². The zero-order chi connectivity index (χ0) is 20.3. The molecule has 0 fully saturated rings. The van der Waals surface area contributed by atoms with Crippen LogP contribution in [0.1, 0.15) is 15.9 Å². The van der Waals surface area contributed by atoms with E-state index in [9.17, 15) is 13.2 Å². The average Bonchev–Trinajstić information content (AvgIpc) is 2.69. The van der Waals surface area contributed by atoms with E-state index >= 15 is 0 Å². The van der Waals surface area contributed by atoms with Crippen molar-refractivity contribution in [2.24, 2.45) is 0 Å². The van der Waals surface area contributed by atoms with E-state index in [1.807, 2.05) is 6.92 Å². The highest BCUT2D eigenvalue weighted by Gasteiger charge is 2.32. The molecule has 0 spiro atoms. The average molecular weight is 416 g/mol. The molecule has 1 amide bonds. The van der Waals surface area contributed by atoms with Gasteiger partial charge in [0.05, 0.1) is 22.7 Å². The summed E-state index contributed by atoms with van der Waals surface area (Å²) in [5.41, 5.74) is 1.28. The maximum Gasteiger partial charge on any atom is 0.272 e. The number of hydrogen-bond donors (Lipinski definition) is 0. The van der Waals surface area contributed by atoms with Gasteiger partial charge in [0, 0.05) is 5.56 Å². The van der Waals surface area contributed by atoms with Gasteiger partial charge in [0.2, 0.25) is 0 Å². The van der Waals surface area contributed by atoms with Crippen molar-refractivity contribution < 1.29 is 17.9 Å². The number of carbonyl (C=O) groups excluding carboxylic acids is 1. The molecule has 7 heteroatoms. The molecule has 0 unspecified atom stereocenters. The van der Waals surface area contributed by atoms with E-state index in [2.05, 4.69) is 0 Å². The lowest BCUT2D eigenvalue weighted by Crippen LogP contribution is -2.37. The molecule has 0 saturated carbocycles. The Bertz CT molecular complexity index is 1100. The third kappa shape index (κ3) is 3.88. The standard InChI is InChI=1S/C21H18ClNO4S/c1-15-8-11-18(12-9-15)28(25,26)23(21(24)16-6-4-3-5-7-16)17-10-13-20(27-2)19(22)14-17/h3-14H,1-2H3. The van der Waals surface area contributed by atoms with E-state index in [0.717, 1.165) is 9.87 Å². The first-order valence-electron chi connectivity index (χ1n) is 8.39. The Hall–Kier alpha value is -2.83. The van der Waals surface area contributed by atoms with E-state index < -0.39 is 15.9 Å². The molecule has 28 heavy (non-hydrogen) atoms. The molecule has 144 valence electrons. The van der Waals surface area contributed by atoms with Crippen LogP contribution in [-0.4, -0.2) is 21.4 Å². The first kappa shape index (κ1) is 19.9. The number of anilines is 1. The van der Waals surface area contributed by atoms with Crippen molar-refractivity contribution in [3.8, 4) is 5.75 Å². The van der Waals surface area contributed by atoms with Crippen LogP contribution < -0.4 is 9.04 Å². The number of amides is 1. The Labute approximate surface area is 169 Å². The molecule has 5 nitrogen and oxygen atoms in total. The molecule has 0 aliphatic heterocycles. The number of aryl methyl sites for hydroxylation is 1. The van der Waals surface area contributed by atoms with Gasteiger partial charge in [0.1, 0.15) is 5.75 Å². The van der Waals surface area contributed by atoms with Crippen molar-refractivity contribution in [3.63, 3.8) is 0 Å². The molecular formula is C21H18ClNO4S. The summed E-state index contributed by atoms with van der Waals surface area (Å²) in [7, 11) is -2.72. The monoisotopic (exact) mass is 415 g/mol.